The van der Waals surface area contributed by atoms with Crippen molar-refractivity contribution < 1.29 is 13.6 Å². The Morgan fingerprint density at radius 3 is 2.29 bits per heavy atom. The lowest BCUT2D eigenvalue weighted by atomic mass is 10.1. The van der Waals surface area contributed by atoms with Crippen LogP contribution in [0.5, 0.6) is 0 Å². The van der Waals surface area contributed by atoms with E-state index in [9.17, 15) is 13.6 Å². The number of nitrogens with one attached hydrogen (secondary N) is 1. The molecule has 0 spiro atoms. The molecule has 0 bridgehead atoms. The molecule has 0 heterocycles. The molecule has 0 atom stereocenters. The van der Waals surface area contributed by atoms with Gasteiger partial charge in [0.05, 0.1) is 0 Å². The van der Waals surface area contributed by atoms with Crippen LogP contribution in [-0.2, 0) is 6.54 Å². The summed E-state index contributed by atoms with van der Waals surface area (Å²) in [6.45, 7) is 0.0296. The lowest BCUT2D eigenvalue weighted by Crippen LogP contribution is -2.21. The van der Waals surface area contributed by atoms with Crippen LogP contribution in [0.4, 0.5) is 8.78 Å². The number of amides is 1. The summed E-state index contributed by atoms with van der Waals surface area (Å²) in [5, 5.41) is 2.15. The molecule has 0 aromatic heterocycles. The van der Waals surface area contributed by atoms with Gasteiger partial charge in [-0.2, -0.15) is 0 Å². The summed E-state index contributed by atoms with van der Waals surface area (Å²) < 4.78 is 26.4. The van der Waals surface area contributed by atoms with E-state index in [2.05, 4.69) is 5.32 Å². The minimum atomic E-state index is -0.898. The standard InChI is InChI=1S/C9H10F2N2O/c1-13-9(14)8-6(10)2-5(4-12)3-7(8)11/h2-3H,4,12H2,1H3,(H,13,14). The highest BCUT2D eigenvalue weighted by atomic mass is 19.1. The highest BCUT2D eigenvalue weighted by Gasteiger charge is 2.16. The molecule has 3 nitrogen and oxygen atoms in total. The molecule has 1 aromatic carbocycles. The largest absolute Gasteiger partial charge is 0.355 e. The van der Waals surface area contributed by atoms with Crippen LogP contribution in [0.3, 0.4) is 0 Å². The molecule has 76 valence electrons. The van der Waals surface area contributed by atoms with Crippen LogP contribution in [0.25, 0.3) is 0 Å². The lowest BCUT2D eigenvalue weighted by Gasteiger charge is -2.05. The fourth-order valence-corrected chi connectivity index (χ4v) is 1.09. The summed E-state index contributed by atoms with van der Waals surface area (Å²) in [7, 11) is 1.30. The number of carbonyl (C=O) groups is 1. The molecule has 0 aliphatic heterocycles. The van der Waals surface area contributed by atoms with Crippen molar-refractivity contribution in [3.8, 4) is 0 Å². The number of nitrogens with two attached hydrogens (primary N) is 1. The monoisotopic (exact) mass is 200 g/mol. The summed E-state index contributed by atoms with van der Waals surface area (Å²) in [5.74, 6) is -2.59. The van der Waals surface area contributed by atoms with Crippen molar-refractivity contribution in [2.24, 2.45) is 5.73 Å². The van der Waals surface area contributed by atoms with E-state index in [0.29, 0.717) is 5.56 Å². The van der Waals surface area contributed by atoms with Crippen molar-refractivity contribution >= 4 is 5.91 Å². The maximum Gasteiger partial charge on any atom is 0.256 e. The smallest absolute Gasteiger partial charge is 0.256 e. The maximum atomic E-state index is 13.2. The van der Waals surface area contributed by atoms with E-state index in [1.54, 1.807) is 0 Å². The van der Waals surface area contributed by atoms with Crippen LogP contribution in [0.1, 0.15) is 15.9 Å². The zero-order valence-electron chi connectivity index (χ0n) is 7.60. The Morgan fingerprint density at radius 2 is 1.93 bits per heavy atom. The Bertz CT molecular complexity index is 343. The van der Waals surface area contributed by atoms with Gasteiger partial charge >= 0.3 is 0 Å². The molecule has 0 fully saturated rings. The van der Waals surface area contributed by atoms with Gasteiger partial charge < -0.3 is 11.1 Å². The second kappa shape index (κ2) is 4.15. The van der Waals surface area contributed by atoms with Gasteiger partial charge in [-0.05, 0) is 17.7 Å². The molecular weight excluding hydrogens is 190 g/mol. The third-order valence-corrected chi connectivity index (χ3v) is 1.79. The van der Waals surface area contributed by atoms with E-state index < -0.39 is 23.1 Å². The number of carbonyl (C=O) groups excluding carboxylic acids is 1. The average molecular weight is 200 g/mol. The molecule has 0 saturated carbocycles. The zero-order chi connectivity index (χ0) is 10.7. The first-order valence-electron chi connectivity index (χ1n) is 4.00. The lowest BCUT2D eigenvalue weighted by molar-refractivity contribution is 0.0954. The summed E-state index contributed by atoms with van der Waals surface area (Å²) in [6, 6.07) is 2.10. The van der Waals surface area contributed by atoms with E-state index >= 15 is 0 Å². The highest BCUT2D eigenvalue weighted by molar-refractivity contribution is 5.94. The van der Waals surface area contributed by atoms with Crippen molar-refractivity contribution in [1.29, 1.82) is 0 Å². The van der Waals surface area contributed by atoms with Gasteiger partial charge in [-0.15, -0.1) is 0 Å². The summed E-state index contributed by atoms with van der Waals surface area (Å²) in [4.78, 5) is 11.0. The van der Waals surface area contributed by atoms with Crippen LogP contribution >= 0.6 is 0 Å². The highest BCUT2D eigenvalue weighted by Crippen LogP contribution is 2.14. The first-order valence-corrected chi connectivity index (χ1v) is 4.00. The van der Waals surface area contributed by atoms with Crippen LogP contribution in [0.2, 0.25) is 0 Å². The fraction of sp³-hybridized carbons (Fsp3) is 0.222. The summed E-state index contributed by atoms with van der Waals surface area (Å²) in [5.41, 5.74) is 4.95. The van der Waals surface area contributed by atoms with Crippen LogP contribution in [-0.4, -0.2) is 13.0 Å². The van der Waals surface area contributed by atoms with Gasteiger partial charge in [0.2, 0.25) is 0 Å². The maximum absolute atomic E-state index is 13.2. The number of hydrogen-bond donors (Lipinski definition) is 2. The SMILES string of the molecule is CNC(=O)c1c(F)cc(CN)cc1F. The fourth-order valence-electron chi connectivity index (χ4n) is 1.09. The van der Waals surface area contributed by atoms with Crippen molar-refractivity contribution in [1.82, 2.24) is 5.32 Å². The van der Waals surface area contributed by atoms with Crippen LogP contribution in [0, 0.1) is 11.6 Å². The quantitative estimate of drug-likeness (QED) is 0.741. The van der Waals surface area contributed by atoms with Gasteiger partial charge in [-0.25, -0.2) is 8.78 Å². The minimum Gasteiger partial charge on any atom is -0.355 e. The Morgan fingerprint density at radius 1 is 1.43 bits per heavy atom. The molecule has 3 N–H and O–H groups in total. The van der Waals surface area contributed by atoms with Crippen molar-refractivity contribution in [2.75, 3.05) is 7.05 Å². The van der Waals surface area contributed by atoms with Crippen LogP contribution < -0.4 is 11.1 Å². The molecule has 0 saturated heterocycles. The van der Waals surface area contributed by atoms with Gasteiger partial charge in [0.15, 0.2) is 0 Å². The van der Waals surface area contributed by atoms with Gasteiger partial charge in [0.25, 0.3) is 5.91 Å². The molecule has 0 radical (unpaired) electrons. The third kappa shape index (κ3) is 1.88. The molecule has 1 rings (SSSR count). The van der Waals surface area contributed by atoms with Crippen LogP contribution in [0.15, 0.2) is 12.1 Å². The second-order valence-corrected chi connectivity index (χ2v) is 2.72. The molecule has 1 aromatic rings. The van der Waals surface area contributed by atoms with Crippen molar-refractivity contribution in [3.05, 3.63) is 34.9 Å². The van der Waals surface area contributed by atoms with Gasteiger partial charge in [-0.1, -0.05) is 0 Å². The molecule has 1 amide bonds. The predicted octanol–water partition coefficient (Wildman–Crippen LogP) is 0.783. The topological polar surface area (TPSA) is 55.1 Å². The summed E-state index contributed by atoms with van der Waals surface area (Å²) in [6.07, 6.45) is 0. The Balaban J connectivity index is 3.25. The van der Waals surface area contributed by atoms with E-state index in [4.69, 9.17) is 5.73 Å². The number of hydrogen-bond acceptors (Lipinski definition) is 2. The Labute approximate surface area is 79.9 Å². The Hall–Kier alpha value is -1.49. The first-order chi connectivity index (χ1) is 6.60. The Kier molecular flexibility index (Phi) is 3.14. The summed E-state index contributed by atoms with van der Waals surface area (Å²) >= 11 is 0. The van der Waals surface area contributed by atoms with Gasteiger partial charge in [-0.3, -0.25) is 4.79 Å². The predicted molar refractivity (Wildman–Crippen MR) is 47.6 cm³/mol. The number of rotatable bonds is 2. The van der Waals surface area contributed by atoms with E-state index in [1.165, 1.54) is 7.05 Å². The first kappa shape index (κ1) is 10.6. The third-order valence-electron chi connectivity index (χ3n) is 1.79. The molecule has 0 aliphatic carbocycles. The molecule has 0 aliphatic rings. The van der Waals surface area contributed by atoms with Gasteiger partial charge in [0.1, 0.15) is 17.2 Å². The molecular formula is C9H10F2N2O. The van der Waals surface area contributed by atoms with Crippen molar-refractivity contribution in [2.45, 2.75) is 6.54 Å². The van der Waals surface area contributed by atoms with Gasteiger partial charge in [0, 0.05) is 13.6 Å². The van der Waals surface area contributed by atoms with E-state index in [-0.39, 0.29) is 6.54 Å². The minimum absolute atomic E-state index is 0.0296. The van der Waals surface area contributed by atoms with E-state index in [1.807, 2.05) is 0 Å². The van der Waals surface area contributed by atoms with Crippen molar-refractivity contribution in [3.63, 3.8) is 0 Å². The van der Waals surface area contributed by atoms with E-state index in [0.717, 1.165) is 12.1 Å². The number of halogens is 2. The zero-order valence-corrected chi connectivity index (χ0v) is 7.60. The molecule has 0 unspecified atom stereocenters. The second-order valence-electron chi connectivity index (χ2n) is 2.72. The molecule has 5 heteroatoms. The average Bonchev–Trinajstić information content (AvgIpc) is 2.16. The molecule has 14 heavy (non-hydrogen) atoms. The number of benzene rings is 1. The normalized spacial score (nSPS) is 10.0.